The molecule has 1 aromatic rings. The first kappa shape index (κ1) is 18.9. The topological polar surface area (TPSA) is 83.5 Å². The Bertz CT molecular complexity index is 536. The van der Waals surface area contributed by atoms with Crippen LogP contribution in [0.4, 0.5) is 0 Å². The maximum absolute atomic E-state index is 12.1. The van der Waals surface area contributed by atoms with Crippen molar-refractivity contribution in [3.63, 3.8) is 0 Å². The van der Waals surface area contributed by atoms with Crippen LogP contribution in [0.5, 0.6) is 0 Å². The lowest BCUT2D eigenvalue weighted by Gasteiger charge is -2.16. The second-order valence-electron chi connectivity index (χ2n) is 4.32. The molecule has 5 nitrogen and oxygen atoms in total. The highest BCUT2D eigenvalue weighted by Gasteiger charge is 2.22. The Labute approximate surface area is 142 Å². The molecule has 0 aromatic heterocycles. The van der Waals surface area contributed by atoms with Crippen molar-refractivity contribution < 1.29 is 19.5 Å². The predicted octanol–water partition coefficient (Wildman–Crippen LogP) is 2.54. The van der Waals surface area contributed by atoms with Gasteiger partial charge in [-0.15, -0.1) is 0 Å². The zero-order valence-corrected chi connectivity index (χ0v) is 14.3. The molecule has 0 fully saturated rings. The fourth-order valence-electron chi connectivity index (χ4n) is 1.56. The minimum Gasteiger partial charge on any atom is -0.481 e. The smallest absolute Gasteiger partial charge is 0.313 e. The molecule has 0 radical (unpaired) electrons. The second-order valence-corrected chi connectivity index (χ2v) is 6.72. The van der Waals surface area contributed by atoms with Gasteiger partial charge in [0, 0.05) is 10.6 Å². The number of thioether (sulfide) groups is 2. The molecule has 1 rings (SSSR count). The number of halogens is 1. The lowest BCUT2D eigenvalue weighted by atomic mass is 10.2. The highest BCUT2D eigenvalue weighted by molar-refractivity contribution is 8.14. The molecule has 0 heterocycles. The van der Waals surface area contributed by atoms with Gasteiger partial charge in [-0.25, -0.2) is 0 Å². The molecule has 1 atom stereocenters. The van der Waals surface area contributed by atoms with Gasteiger partial charge in [-0.05, 0) is 42.7 Å². The number of nitrogens with one attached hydrogen (secondary N) is 1. The molecule has 0 aliphatic rings. The van der Waals surface area contributed by atoms with Crippen molar-refractivity contribution in [1.29, 1.82) is 0 Å². The molecular formula is C14H16ClNO4S2. The zero-order valence-electron chi connectivity index (χ0n) is 11.9. The van der Waals surface area contributed by atoms with E-state index in [-0.39, 0.29) is 16.8 Å². The van der Waals surface area contributed by atoms with Crippen molar-refractivity contribution in [1.82, 2.24) is 5.32 Å². The Morgan fingerprint density at radius 3 is 2.45 bits per heavy atom. The van der Waals surface area contributed by atoms with Gasteiger partial charge in [0.05, 0.1) is 11.8 Å². The van der Waals surface area contributed by atoms with Crippen LogP contribution in [0.2, 0.25) is 5.02 Å². The molecule has 0 saturated heterocycles. The largest absolute Gasteiger partial charge is 0.481 e. The first-order valence-corrected chi connectivity index (χ1v) is 9.13. The third-order valence-corrected chi connectivity index (χ3v) is 4.50. The van der Waals surface area contributed by atoms with Gasteiger partial charge in [0.15, 0.2) is 0 Å². The van der Waals surface area contributed by atoms with Gasteiger partial charge in [0.1, 0.15) is 0 Å². The summed E-state index contributed by atoms with van der Waals surface area (Å²) in [5, 5.41) is 11.5. The molecule has 8 heteroatoms. The Morgan fingerprint density at radius 2 is 1.91 bits per heavy atom. The van der Waals surface area contributed by atoms with Crippen molar-refractivity contribution in [3.8, 4) is 0 Å². The molecule has 0 unspecified atom stereocenters. The Hall–Kier alpha value is -1.18. The average molecular weight is 362 g/mol. The van der Waals surface area contributed by atoms with Crippen molar-refractivity contribution in [3.05, 3.63) is 34.9 Å². The lowest BCUT2D eigenvalue weighted by molar-refractivity contribution is -0.134. The molecule has 0 spiro atoms. The Balaban J connectivity index is 2.70. The second kappa shape index (κ2) is 9.76. The first-order chi connectivity index (χ1) is 10.4. The standard InChI is InChI=1S/C14H16ClNO4S2/c1-21-7-6-11(14(20)22-8-12(17)18)16-13(19)9-2-4-10(15)5-3-9/h2-5,11H,6-8H2,1H3,(H,16,19)(H,17,18)/t11-/m0/s1. The maximum atomic E-state index is 12.1. The number of hydrogen-bond donors (Lipinski definition) is 2. The van der Waals surface area contributed by atoms with Gasteiger partial charge in [-0.3, -0.25) is 14.4 Å². The number of hydrogen-bond acceptors (Lipinski definition) is 5. The van der Waals surface area contributed by atoms with E-state index in [2.05, 4.69) is 5.32 Å². The minimum atomic E-state index is -1.06. The van der Waals surface area contributed by atoms with Crippen molar-refractivity contribution in [2.24, 2.45) is 0 Å². The fourth-order valence-corrected chi connectivity index (χ4v) is 2.80. The van der Waals surface area contributed by atoms with Gasteiger partial charge in [-0.2, -0.15) is 11.8 Å². The maximum Gasteiger partial charge on any atom is 0.313 e. The number of carbonyl (C=O) groups is 3. The average Bonchev–Trinajstić information content (AvgIpc) is 2.49. The summed E-state index contributed by atoms with van der Waals surface area (Å²) in [5.74, 6) is -1.07. The van der Waals surface area contributed by atoms with Crippen LogP contribution in [0.25, 0.3) is 0 Å². The molecule has 22 heavy (non-hydrogen) atoms. The number of amides is 1. The van der Waals surface area contributed by atoms with E-state index in [1.165, 1.54) is 0 Å². The van der Waals surface area contributed by atoms with Gasteiger partial charge in [0.25, 0.3) is 5.91 Å². The Kier molecular flexibility index (Phi) is 8.37. The molecule has 2 N–H and O–H groups in total. The summed E-state index contributed by atoms with van der Waals surface area (Å²) in [7, 11) is 0. The number of aliphatic carboxylic acids is 1. The fraction of sp³-hybridized carbons (Fsp3) is 0.357. The summed E-state index contributed by atoms with van der Waals surface area (Å²) in [5.41, 5.74) is 0.398. The van der Waals surface area contributed by atoms with Crippen molar-refractivity contribution >= 4 is 52.1 Å². The van der Waals surface area contributed by atoms with E-state index in [0.29, 0.717) is 34.5 Å². The van der Waals surface area contributed by atoms with E-state index in [1.807, 2.05) is 6.26 Å². The summed E-state index contributed by atoms with van der Waals surface area (Å²) in [4.78, 5) is 34.7. The van der Waals surface area contributed by atoms with Crippen molar-refractivity contribution in [2.75, 3.05) is 17.8 Å². The van der Waals surface area contributed by atoms with Crippen LogP contribution in [-0.4, -0.2) is 45.9 Å². The van der Waals surface area contributed by atoms with E-state index >= 15 is 0 Å². The molecule has 0 aliphatic carbocycles. The molecular weight excluding hydrogens is 346 g/mol. The van der Waals surface area contributed by atoms with Gasteiger partial charge < -0.3 is 10.4 Å². The number of carboxylic acid groups (broad SMARTS) is 1. The first-order valence-electron chi connectivity index (χ1n) is 6.38. The summed E-state index contributed by atoms with van der Waals surface area (Å²) in [6.07, 6.45) is 2.35. The molecule has 1 amide bonds. The van der Waals surface area contributed by atoms with Crippen LogP contribution in [-0.2, 0) is 9.59 Å². The van der Waals surface area contributed by atoms with E-state index < -0.39 is 12.0 Å². The third-order valence-electron chi connectivity index (χ3n) is 2.64. The van der Waals surface area contributed by atoms with E-state index in [0.717, 1.165) is 0 Å². The minimum absolute atomic E-state index is 0.314. The third kappa shape index (κ3) is 6.72. The van der Waals surface area contributed by atoms with Crippen LogP contribution >= 0.6 is 35.1 Å². The summed E-state index contributed by atoms with van der Waals surface area (Å²) >= 11 is 8.01. The quantitative estimate of drug-likeness (QED) is 0.740. The number of carbonyl (C=O) groups excluding carboxylic acids is 2. The van der Waals surface area contributed by atoms with E-state index in [1.54, 1.807) is 36.0 Å². The molecule has 0 saturated carbocycles. The monoisotopic (exact) mass is 361 g/mol. The molecule has 0 aliphatic heterocycles. The predicted molar refractivity (Wildman–Crippen MR) is 90.8 cm³/mol. The van der Waals surface area contributed by atoms with Crippen LogP contribution in [0, 0.1) is 0 Å². The lowest BCUT2D eigenvalue weighted by Crippen LogP contribution is -2.40. The summed E-state index contributed by atoms with van der Waals surface area (Å²) in [6.45, 7) is 0. The SMILES string of the molecule is CSCC[C@H](NC(=O)c1ccc(Cl)cc1)C(=O)SCC(=O)O. The van der Waals surface area contributed by atoms with Gasteiger partial charge in [0.2, 0.25) is 5.12 Å². The Morgan fingerprint density at radius 1 is 1.27 bits per heavy atom. The number of benzene rings is 1. The number of carboxylic acids is 1. The molecule has 0 bridgehead atoms. The van der Waals surface area contributed by atoms with Gasteiger partial charge >= 0.3 is 5.97 Å². The highest BCUT2D eigenvalue weighted by atomic mass is 35.5. The number of rotatable bonds is 8. The van der Waals surface area contributed by atoms with Crippen LogP contribution in [0.3, 0.4) is 0 Å². The molecule has 1 aromatic carbocycles. The summed E-state index contributed by atoms with van der Waals surface area (Å²) < 4.78 is 0. The van der Waals surface area contributed by atoms with Crippen LogP contribution < -0.4 is 5.32 Å². The highest BCUT2D eigenvalue weighted by Crippen LogP contribution is 2.13. The zero-order chi connectivity index (χ0) is 16.5. The summed E-state index contributed by atoms with van der Waals surface area (Å²) in [6, 6.07) is 5.61. The molecule has 120 valence electrons. The van der Waals surface area contributed by atoms with Crippen molar-refractivity contribution in [2.45, 2.75) is 12.5 Å². The van der Waals surface area contributed by atoms with Crippen LogP contribution in [0.15, 0.2) is 24.3 Å². The van der Waals surface area contributed by atoms with E-state index in [4.69, 9.17) is 16.7 Å². The van der Waals surface area contributed by atoms with E-state index in [9.17, 15) is 14.4 Å². The van der Waals surface area contributed by atoms with Crippen LogP contribution in [0.1, 0.15) is 16.8 Å². The normalized spacial score (nSPS) is 11.7. The van der Waals surface area contributed by atoms with Gasteiger partial charge in [-0.1, -0.05) is 23.4 Å².